The molecule has 1 aliphatic heterocycles. The molecule has 2 rings (SSSR count). The summed E-state index contributed by atoms with van der Waals surface area (Å²) in [6.45, 7) is 1.80. The molecule has 17 heavy (non-hydrogen) atoms. The summed E-state index contributed by atoms with van der Waals surface area (Å²) in [5, 5.41) is 2.87. The third kappa shape index (κ3) is 2.91. The Morgan fingerprint density at radius 2 is 1.82 bits per heavy atom. The second kappa shape index (κ2) is 4.96. The molecule has 0 radical (unpaired) electrons. The minimum atomic E-state index is -1.15. The Kier molecular flexibility index (Phi) is 3.57. The Balaban J connectivity index is 2.08. The molecule has 0 aromatic heterocycles. The number of nitrogens with zero attached hydrogens (tertiary/aromatic N) is 1. The van der Waals surface area contributed by atoms with Gasteiger partial charge in [0.2, 0.25) is 0 Å². The summed E-state index contributed by atoms with van der Waals surface area (Å²) in [5.74, 6) is -2.93. The van der Waals surface area contributed by atoms with Gasteiger partial charge in [-0.2, -0.15) is 0 Å². The van der Waals surface area contributed by atoms with Crippen molar-refractivity contribution in [2.75, 3.05) is 25.5 Å². The quantitative estimate of drug-likeness (QED) is 0.804. The van der Waals surface area contributed by atoms with Crippen LogP contribution in [0.15, 0.2) is 12.1 Å². The second-order valence-corrected chi connectivity index (χ2v) is 4.47. The van der Waals surface area contributed by atoms with Crippen LogP contribution in [0.2, 0.25) is 0 Å². The van der Waals surface area contributed by atoms with Crippen LogP contribution >= 0.6 is 0 Å². The number of benzene rings is 1. The van der Waals surface area contributed by atoms with E-state index < -0.39 is 17.5 Å². The predicted molar refractivity (Wildman–Crippen MR) is 60.5 cm³/mol. The van der Waals surface area contributed by atoms with Gasteiger partial charge in [0, 0.05) is 18.2 Å². The maximum Gasteiger partial charge on any atom is 0.182 e. The van der Waals surface area contributed by atoms with Gasteiger partial charge in [0.15, 0.2) is 11.6 Å². The van der Waals surface area contributed by atoms with Crippen molar-refractivity contribution in [3.63, 3.8) is 0 Å². The smallest absolute Gasteiger partial charge is 0.182 e. The van der Waals surface area contributed by atoms with Crippen LogP contribution in [0.5, 0.6) is 0 Å². The molecular weight excluding hydrogens is 229 g/mol. The largest absolute Gasteiger partial charge is 0.380 e. The molecule has 1 fully saturated rings. The number of hydrogen-bond acceptors (Lipinski definition) is 2. The highest BCUT2D eigenvalue weighted by Crippen LogP contribution is 2.22. The van der Waals surface area contributed by atoms with Crippen molar-refractivity contribution >= 4 is 5.69 Å². The summed E-state index contributed by atoms with van der Waals surface area (Å²) in [6.07, 6.45) is 1.68. The average molecular weight is 244 g/mol. The summed E-state index contributed by atoms with van der Waals surface area (Å²) in [5.41, 5.74) is -0.0861. The van der Waals surface area contributed by atoms with Crippen LogP contribution < -0.4 is 5.32 Å². The van der Waals surface area contributed by atoms with Crippen molar-refractivity contribution < 1.29 is 13.2 Å². The fourth-order valence-corrected chi connectivity index (χ4v) is 2.03. The molecule has 94 valence electrons. The molecule has 2 nitrogen and oxygen atoms in total. The van der Waals surface area contributed by atoms with Crippen LogP contribution in [-0.4, -0.2) is 31.1 Å². The number of piperidine rings is 1. The fraction of sp³-hybridized carbons (Fsp3) is 0.500. The average Bonchev–Trinajstić information content (AvgIpc) is 2.28. The van der Waals surface area contributed by atoms with Gasteiger partial charge in [-0.25, -0.2) is 13.2 Å². The Bertz CT molecular complexity index is 401. The lowest BCUT2D eigenvalue weighted by atomic mass is 10.1. The number of likely N-dealkylation sites (tertiary alicyclic amines) is 1. The van der Waals surface area contributed by atoms with Gasteiger partial charge in [0.1, 0.15) is 5.82 Å². The maximum atomic E-state index is 13.4. The summed E-state index contributed by atoms with van der Waals surface area (Å²) < 4.78 is 39.4. The van der Waals surface area contributed by atoms with Gasteiger partial charge in [0.05, 0.1) is 5.69 Å². The molecule has 0 atom stereocenters. The van der Waals surface area contributed by atoms with E-state index in [0.717, 1.165) is 32.0 Å². The van der Waals surface area contributed by atoms with Crippen molar-refractivity contribution in [3.05, 3.63) is 29.6 Å². The van der Waals surface area contributed by atoms with Gasteiger partial charge >= 0.3 is 0 Å². The van der Waals surface area contributed by atoms with E-state index in [4.69, 9.17) is 0 Å². The van der Waals surface area contributed by atoms with Gasteiger partial charge in [-0.15, -0.1) is 0 Å². The normalized spacial score (nSPS) is 18.4. The first-order valence-corrected chi connectivity index (χ1v) is 5.66. The van der Waals surface area contributed by atoms with E-state index >= 15 is 0 Å². The van der Waals surface area contributed by atoms with E-state index in [1.165, 1.54) is 0 Å². The van der Waals surface area contributed by atoms with Gasteiger partial charge in [-0.1, -0.05) is 0 Å². The number of halogens is 3. The lowest BCUT2D eigenvalue weighted by Gasteiger charge is -2.30. The maximum absolute atomic E-state index is 13.4. The topological polar surface area (TPSA) is 15.3 Å². The zero-order valence-electron chi connectivity index (χ0n) is 9.64. The third-order valence-electron chi connectivity index (χ3n) is 3.07. The minimum Gasteiger partial charge on any atom is -0.380 e. The third-order valence-corrected chi connectivity index (χ3v) is 3.07. The predicted octanol–water partition coefficient (Wildman–Crippen LogP) is 2.61. The van der Waals surface area contributed by atoms with Crippen molar-refractivity contribution in [3.8, 4) is 0 Å². The van der Waals surface area contributed by atoms with E-state index in [-0.39, 0.29) is 11.7 Å². The van der Waals surface area contributed by atoms with Gasteiger partial charge < -0.3 is 10.2 Å². The summed E-state index contributed by atoms with van der Waals surface area (Å²) in [6, 6.07) is 1.62. The minimum absolute atomic E-state index is 0.0712. The highest BCUT2D eigenvalue weighted by Gasteiger charge is 2.19. The second-order valence-electron chi connectivity index (χ2n) is 4.47. The SMILES string of the molecule is CN1CCC(Nc2cc(F)cc(F)c2F)CC1. The van der Waals surface area contributed by atoms with Crippen LogP contribution in [-0.2, 0) is 0 Å². The number of anilines is 1. The van der Waals surface area contributed by atoms with Crippen LogP contribution in [0.4, 0.5) is 18.9 Å². The first kappa shape index (κ1) is 12.2. The number of rotatable bonds is 2. The summed E-state index contributed by atoms with van der Waals surface area (Å²) in [4.78, 5) is 2.17. The molecule has 0 spiro atoms. The zero-order chi connectivity index (χ0) is 12.4. The van der Waals surface area contributed by atoms with E-state index in [1.807, 2.05) is 7.05 Å². The van der Waals surface area contributed by atoms with E-state index in [0.29, 0.717) is 6.07 Å². The highest BCUT2D eigenvalue weighted by molar-refractivity contribution is 5.46. The summed E-state index contributed by atoms with van der Waals surface area (Å²) in [7, 11) is 2.01. The Labute approximate surface area is 98.4 Å². The fourth-order valence-electron chi connectivity index (χ4n) is 2.03. The molecule has 0 aliphatic carbocycles. The van der Waals surface area contributed by atoms with E-state index in [1.54, 1.807) is 0 Å². The Morgan fingerprint density at radius 1 is 1.18 bits per heavy atom. The molecule has 0 bridgehead atoms. The van der Waals surface area contributed by atoms with Crippen molar-refractivity contribution in [2.45, 2.75) is 18.9 Å². The molecule has 1 aromatic carbocycles. The highest BCUT2D eigenvalue weighted by atomic mass is 19.2. The Morgan fingerprint density at radius 3 is 2.47 bits per heavy atom. The van der Waals surface area contributed by atoms with Crippen molar-refractivity contribution in [2.24, 2.45) is 0 Å². The molecule has 0 unspecified atom stereocenters. The molecule has 0 amide bonds. The van der Waals surface area contributed by atoms with Crippen LogP contribution in [0.1, 0.15) is 12.8 Å². The Hall–Kier alpha value is -1.23. The van der Waals surface area contributed by atoms with Crippen molar-refractivity contribution in [1.29, 1.82) is 0 Å². The number of nitrogens with one attached hydrogen (secondary N) is 1. The standard InChI is InChI=1S/C12H15F3N2/c1-17-4-2-9(3-5-17)16-11-7-8(13)6-10(14)12(11)15/h6-7,9,16H,2-5H2,1H3. The molecule has 1 heterocycles. The molecule has 1 saturated heterocycles. The molecular formula is C12H15F3N2. The first-order valence-electron chi connectivity index (χ1n) is 5.66. The monoisotopic (exact) mass is 244 g/mol. The van der Waals surface area contributed by atoms with E-state index in [9.17, 15) is 13.2 Å². The van der Waals surface area contributed by atoms with Crippen LogP contribution in [0.25, 0.3) is 0 Å². The van der Waals surface area contributed by atoms with E-state index in [2.05, 4.69) is 10.2 Å². The zero-order valence-corrected chi connectivity index (χ0v) is 9.64. The first-order chi connectivity index (χ1) is 8.06. The molecule has 1 N–H and O–H groups in total. The van der Waals surface area contributed by atoms with Crippen LogP contribution in [0.3, 0.4) is 0 Å². The van der Waals surface area contributed by atoms with Gasteiger partial charge in [-0.05, 0) is 33.0 Å². The molecule has 1 aliphatic rings. The lowest BCUT2D eigenvalue weighted by Crippen LogP contribution is -2.36. The molecule has 0 saturated carbocycles. The van der Waals surface area contributed by atoms with Gasteiger partial charge in [-0.3, -0.25) is 0 Å². The lowest BCUT2D eigenvalue weighted by molar-refractivity contribution is 0.263. The summed E-state index contributed by atoms with van der Waals surface area (Å²) >= 11 is 0. The number of hydrogen-bond donors (Lipinski definition) is 1. The van der Waals surface area contributed by atoms with Crippen LogP contribution in [0, 0.1) is 17.5 Å². The van der Waals surface area contributed by atoms with Crippen molar-refractivity contribution in [1.82, 2.24) is 4.90 Å². The van der Waals surface area contributed by atoms with Gasteiger partial charge in [0.25, 0.3) is 0 Å². The molecule has 1 aromatic rings. The molecule has 5 heteroatoms.